The van der Waals surface area contributed by atoms with Crippen molar-refractivity contribution in [2.24, 2.45) is 0 Å². The molecule has 0 aliphatic rings. The van der Waals surface area contributed by atoms with Gasteiger partial charge in [0.05, 0.1) is 24.8 Å². The van der Waals surface area contributed by atoms with Crippen LogP contribution in [0.4, 0.5) is 0 Å². The monoisotopic (exact) mass is 420 g/mol. The molecule has 0 N–H and O–H groups in total. The second-order valence-electron chi connectivity index (χ2n) is 7.39. The second-order valence-corrected chi connectivity index (χ2v) is 7.39. The van der Waals surface area contributed by atoms with E-state index in [0.29, 0.717) is 23.5 Å². The average molecular weight is 421 g/mol. The lowest BCUT2D eigenvalue weighted by atomic mass is 10.1. The average Bonchev–Trinajstić information content (AvgIpc) is 2.80. The zero-order chi connectivity index (χ0) is 22.1. The number of carbonyl (C=O) groups excluding carboxylic acids is 2. The molecule has 0 unspecified atom stereocenters. The lowest BCUT2D eigenvalue weighted by molar-refractivity contribution is 0.0600. The molecular weight excluding hydrogens is 392 g/mol. The lowest BCUT2D eigenvalue weighted by Gasteiger charge is -2.09. The molecule has 0 radical (unpaired) electrons. The molecule has 0 aromatic heterocycles. The van der Waals surface area contributed by atoms with E-state index in [2.05, 4.69) is 11.7 Å². The van der Waals surface area contributed by atoms with Crippen molar-refractivity contribution in [2.75, 3.05) is 13.7 Å². The molecule has 3 aromatic rings. The maximum atomic E-state index is 12.5. The lowest BCUT2D eigenvalue weighted by Crippen LogP contribution is -2.08. The minimum atomic E-state index is -0.458. The minimum absolute atomic E-state index is 0.362. The first-order chi connectivity index (χ1) is 15.1. The van der Waals surface area contributed by atoms with E-state index in [1.54, 1.807) is 36.4 Å². The van der Waals surface area contributed by atoms with Gasteiger partial charge in [0, 0.05) is 0 Å². The van der Waals surface area contributed by atoms with Crippen LogP contribution in [0.15, 0.2) is 60.7 Å². The Morgan fingerprint density at radius 2 is 1.35 bits per heavy atom. The van der Waals surface area contributed by atoms with Gasteiger partial charge in [-0.1, -0.05) is 44.7 Å². The van der Waals surface area contributed by atoms with Gasteiger partial charge in [0.15, 0.2) is 0 Å². The van der Waals surface area contributed by atoms with Crippen LogP contribution in [0.25, 0.3) is 10.8 Å². The molecule has 162 valence electrons. The van der Waals surface area contributed by atoms with Gasteiger partial charge in [-0.15, -0.1) is 0 Å². The smallest absolute Gasteiger partial charge is 0.343 e. The van der Waals surface area contributed by atoms with E-state index in [1.807, 2.05) is 24.3 Å². The molecule has 3 rings (SSSR count). The van der Waals surface area contributed by atoms with Crippen molar-refractivity contribution in [3.8, 4) is 11.5 Å². The van der Waals surface area contributed by atoms with E-state index in [9.17, 15) is 9.59 Å². The van der Waals surface area contributed by atoms with Crippen LogP contribution in [0, 0.1) is 0 Å². The molecular formula is C26H28O5. The highest BCUT2D eigenvalue weighted by molar-refractivity contribution is 5.97. The Labute approximate surface area is 182 Å². The van der Waals surface area contributed by atoms with E-state index >= 15 is 0 Å². The fourth-order valence-corrected chi connectivity index (χ4v) is 3.28. The van der Waals surface area contributed by atoms with E-state index in [-0.39, 0.29) is 0 Å². The summed E-state index contributed by atoms with van der Waals surface area (Å²) in [6.45, 7) is 2.93. The van der Waals surface area contributed by atoms with E-state index in [4.69, 9.17) is 9.47 Å². The highest BCUT2D eigenvalue weighted by Crippen LogP contribution is 2.23. The number of rotatable bonds is 10. The molecule has 3 aromatic carbocycles. The first kappa shape index (κ1) is 22.3. The first-order valence-electron chi connectivity index (χ1n) is 10.7. The maximum absolute atomic E-state index is 12.5. The Bertz CT molecular complexity index is 1020. The number of hydrogen-bond acceptors (Lipinski definition) is 5. The number of carbonyl (C=O) groups is 2. The summed E-state index contributed by atoms with van der Waals surface area (Å²) in [5, 5.41) is 1.94. The molecule has 0 saturated heterocycles. The Kier molecular flexibility index (Phi) is 8.05. The molecule has 0 fully saturated rings. The molecule has 0 heterocycles. The summed E-state index contributed by atoms with van der Waals surface area (Å²) in [5.74, 6) is 0.303. The van der Waals surface area contributed by atoms with Gasteiger partial charge in [0.2, 0.25) is 0 Å². The van der Waals surface area contributed by atoms with Crippen LogP contribution < -0.4 is 9.47 Å². The molecule has 0 saturated carbocycles. The van der Waals surface area contributed by atoms with Gasteiger partial charge in [-0.05, 0) is 65.7 Å². The third-order valence-electron chi connectivity index (χ3n) is 5.05. The van der Waals surface area contributed by atoms with Crippen LogP contribution in [0.5, 0.6) is 11.5 Å². The summed E-state index contributed by atoms with van der Waals surface area (Å²) in [5.41, 5.74) is 0.848. The summed E-state index contributed by atoms with van der Waals surface area (Å²) in [4.78, 5) is 24.0. The quantitative estimate of drug-likeness (QED) is 0.222. The molecule has 31 heavy (non-hydrogen) atoms. The van der Waals surface area contributed by atoms with Crippen molar-refractivity contribution in [1.82, 2.24) is 0 Å². The first-order valence-corrected chi connectivity index (χ1v) is 10.7. The van der Waals surface area contributed by atoms with Crippen molar-refractivity contribution < 1.29 is 23.8 Å². The van der Waals surface area contributed by atoms with E-state index in [0.717, 1.165) is 22.9 Å². The molecule has 0 spiro atoms. The van der Waals surface area contributed by atoms with Crippen LogP contribution in [-0.2, 0) is 4.74 Å². The van der Waals surface area contributed by atoms with Gasteiger partial charge in [0.1, 0.15) is 11.5 Å². The van der Waals surface area contributed by atoms with Gasteiger partial charge in [-0.3, -0.25) is 0 Å². The van der Waals surface area contributed by atoms with Gasteiger partial charge in [-0.2, -0.15) is 0 Å². The topological polar surface area (TPSA) is 61.8 Å². The van der Waals surface area contributed by atoms with Crippen molar-refractivity contribution in [1.29, 1.82) is 0 Å². The predicted octanol–water partition coefficient (Wildman–Crippen LogP) is 6.19. The van der Waals surface area contributed by atoms with E-state index < -0.39 is 11.9 Å². The summed E-state index contributed by atoms with van der Waals surface area (Å²) in [7, 11) is 1.32. The highest BCUT2D eigenvalue weighted by Gasteiger charge is 2.11. The second kappa shape index (κ2) is 11.2. The normalized spacial score (nSPS) is 10.6. The molecule has 0 amide bonds. The fourth-order valence-electron chi connectivity index (χ4n) is 3.28. The van der Waals surface area contributed by atoms with Crippen molar-refractivity contribution >= 4 is 22.7 Å². The number of methoxy groups -OCH3 is 1. The largest absolute Gasteiger partial charge is 0.494 e. The van der Waals surface area contributed by atoms with Gasteiger partial charge >= 0.3 is 11.9 Å². The molecule has 0 aliphatic carbocycles. The van der Waals surface area contributed by atoms with Crippen LogP contribution in [0.3, 0.4) is 0 Å². The van der Waals surface area contributed by atoms with Crippen molar-refractivity contribution in [3.63, 3.8) is 0 Å². The Morgan fingerprint density at radius 3 is 2.10 bits per heavy atom. The van der Waals surface area contributed by atoms with Gasteiger partial charge in [-0.25, -0.2) is 9.59 Å². The van der Waals surface area contributed by atoms with Crippen LogP contribution in [0.2, 0.25) is 0 Å². The molecule has 0 aliphatic heterocycles. The molecule has 5 heteroatoms. The summed E-state index contributed by atoms with van der Waals surface area (Å²) in [6.07, 6.45) is 6.02. The highest BCUT2D eigenvalue weighted by atomic mass is 16.5. The Hall–Kier alpha value is -3.34. The number of benzene rings is 3. The molecule has 0 atom stereocenters. The molecule has 5 nitrogen and oxygen atoms in total. The number of unbranched alkanes of at least 4 members (excludes halogenated alkanes) is 4. The summed E-state index contributed by atoms with van der Waals surface area (Å²) < 4.78 is 15.9. The Morgan fingerprint density at radius 1 is 0.710 bits per heavy atom. The number of esters is 2. The number of hydrogen-bond donors (Lipinski definition) is 0. The Balaban J connectivity index is 1.60. The van der Waals surface area contributed by atoms with Crippen LogP contribution in [-0.4, -0.2) is 25.7 Å². The summed E-state index contributed by atoms with van der Waals surface area (Å²) >= 11 is 0. The van der Waals surface area contributed by atoms with Crippen molar-refractivity contribution in [2.45, 2.75) is 39.0 Å². The third kappa shape index (κ3) is 6.32. The fraction of sp³-hybridized carbons (Fsp3) is 0.308. The third-order valence-corrected chi connectivity index (χ3v) is 5.05. The van der Waals surface area contributed by atoms with Crippen LogP contribution >= 0.6 is 0 Å². The SMILES string of the molecule is CCCCCCCOc1ccc2cc(C(=O)Oc3ccc(C(=O)OC)cc3)ccc2c1. The van der Waals surface area contributed by atoms with Gasteiger partial charge in [0.25, 0.3) is 0 Å². The number of ether oxygens (including phenoxy) is 3. The zero-order valence-corrected chi connectivity index (χ0v) is 18.1. The number of fused-ring (bicyclic) bond motifs is 1. The standard InChI is InChI=1S/C26H28O5/c1-3-4-5-6-7-16-30-24-15-12-20-17-22(9-8-21(20)18-24)26(28)31-23-13-10-19(11-14-23)25(27)29-2/h8-15,17-18H,3-7,16H2,1-2H3. The summed E-state index contributed by atoms with van der Waals surface area (Å²) in [6, 6.07) is 17.5. The predicted molar refractivity (Wildman–Crippen MR) is 121 cm³/mol. The van der Waals surface area contributed by atoms with Crippen molar-refractivity contribution in [3.05, 3.63) is 71.8 Å². The van der Waals surface area contributed by atoms with Crippen LogP contribution in [0.1, 0.15) is 59.7 Å². The zero-order valence-electron chi connectivity index (χ0n) is 18.1. The van der Waals surface area contributed by atoms with Gasteiger partial charge < -0.3 is 14.2 Å². The van der Waals surface area contributed by atoms with E-state index in [1.165, 1.54) is 32.8 Å². The minimum Gasteiger partial charge on any atom is -0.494 e. The molecule has 0 bridgehead atoms. The maximum Gasteiger partial charge on any atom is 0.343 e.